The summed E-state index contributed by atoms with van der Waals surface area (Å²) in [6, 6.07) is 4.94. The summed E-state index contributed by atoms with van der Waals surface area (Å²) in [6.07, 6.45) is 1.84. The van der Waals surface area contributed by atoms with E-state index >= 15 is 0 Å². The summed E-state index contributed by atoms with van der Waals surface area (Å²) >= 11 is 12.9. The lowest BCUT2D eigenvalue weighted by Crippen LogP contribution is -2.52. The number of hydrogen-bond donors (Lipinski definition) is 1. The van der Waals surface area contributed by atoms with E-state index in [0.717, 1.165) is 24.0 Å². The molecule has 0 heterocycles. The molecule has 1 aromatic carbocycles. The van der Waals surface area contributed by atoms with Crippen LogP contribution in [0.5, 0.6) is 0 Å². The number of urea groups is 1. The summed E-state index contributed by atoms with van der Waals surface area (Å²) in [5.74, 6) is 0. The summed E-state index contributed by atoms with van der Waals surface area (Å²) in [4.78, 5) is 12.2. The fraction of sp³-hybridized carbons (Fsp3) is 0.417. The molecule has 0 aromatic heterocycles. The Balaban J connectivity index is 3.27. The maximum absolute atomic E-state index is 12.2. The van der Waals surface area contributed by atoms with Gasteiger partial charge in [0.15, 0.2) is 5.69 Å². The molecule has 2 amide bonds. The van der Waals surface area contributed by atoms with Crippen molar-refractivity contribution in [1.29, 1.82) is 0 Å². The highest BCUT2D eigenvalue weighted by molar-refractivity contribution is 8.21. The Hall–Kier alpha value is -0.130. The number of carbonyl (C=O) groups excluding carboxylic acids is 1. The van der Waals surface area contributed by atoms with Crippen LogP contribution in [0.3, 0.4) is 0 Å². The van der Waals surface area contributed by atoms with Crippen LogP contribution in [0.4, 0.5) is 10.5 Å². The molecule has 0 bridgehead atoms. The Labute approximate surface area is 132 Å². The third-order valence-electron chi connectivity index (χ3n) is 2.81. The predicted molar refractivity (Wildman–Crippen MR) is 85.9 cm³/mol. The van der Waals surface area contributed by atoms with Crippen molar-refractivity contribution in [3.05, 3.63) is 28.2 Å². The first-order valence-electron chi connectivity index (χ1n) is 5.88. The van der Waals surface area contributed by atoms with Crippen LogP contribution >= 0.6 is 45.0 Å². The highest BCUT2D eigenvalue weighted by Gasteiger charge is 2.40. The van der Waals surface area contributed by atoms with Crippen molar-refractivity contribution in [2.75, 3.05) is 13.6 Å². The van der Waals surface area contributed by atoms with Crippen molar-refractivity contribution >= 4 is 56.8 Å². The lowest BCUT2D eigenvalue weighted by molar-refractivity contribution is 0.228. The number of quaternary nitrogens is 1. The van der Waals surface area contributed by atoms with Gasteiger partial charge in [0.1, 0.15) is 6.54 Å². The van der Waals surface area contributed by atoms with Gasteiger partial charge in [0.25, 0.3) is 0 Å². The minimum Gasteiger partial charge on any atom is -0.307 e. The zero-order valence-electron chi connectivity index (χ0n) is 10.8. The molecule has 7 heteroatoms. The molecule has 106 valence electrons. The highest BCUT2D eigenvalue weighted by Crippen LogP contribution is 2.39. The van der Waals surface area contributed by atoms with Gasteiger partial charge in [0.2, 0.25) is 11.2 Å². The second-order valence-corrected chi connectivity index (χ2v) is 6.03. The summed E-state index contributed by atoms with van der Waals surface area (Å²) in [5, 5.41) is 3.51. The van der Waals surface area contributed by atoms with E-state index in [2.05, 4.69) is 12.2 Å². The molecule has 1 rings (SSSR count). The van der Waals surface area contributed by atoms with Gasteiger partial charge >= 0.3 is 6.03 Å². The smallest absolute Gasteiger partial charge is 0.307 e. The van der Waals surface area contributed by atoms with Crippen molar-refractivity contribution < 1.29 is 4.79 Å². The molecule has 1 N–H and O–H groups in total. The fourth-order valence-electron chi connectivity index (χ4n) is 1.72. The standard InChI is InChI=1S/C12H15Cl3N2OS/c1-3-4-7-17(19-15,12(18)16-2)9-5-6-10(13)11(14)8-9/h5-6,8H,3-4,7H2,1-2H3/p+1. The van der Waals surface area contributed by atoms with Gasteiger partial charge in [-0.3, -0.25) is 0 Å². The number of amides is 2. The molecule has 3 nitrogen and oxygen atoms in total. The Morgan fingerprint density at radius 2 is 2.05 bits per heavy atom. The average molecular weight is 343 g/mol. The lowest BCUT2D eigenvalue weighted by atomic mass is 10.2. The van der Waals surface area contributed by atoms with Crippen LogP contribution in [0.15, 0.2) is 18.2 Å². The predicted octanol–water partition coefficient (Wildman–Crippen LogP) is 5.24. The van der Waals surface area contributed by atoms with E-state index in [1.807, 2.05) is 0 Å². The van der Waals surface area contributed by atoms with Crippen molar-refractivity contribution in [3.8, 4) is 0 Å². The summed E-state index contributed by atoms with van der Waals surface area (Å²) in [5.41, 5.74) is 0.710. The van der Waals surface area contributed by atoms with Crippen molar-refractivity contribution in [1.82, 2.24) is 9.21 Å². The minimum absolute atomic E-state index is 0.0667. The van der Waals surface area contributed by atoms with Crippen LogP contribution in [-0.2, 0) is 0 Å². The largest absolute Gasteiger partial charge is 0.434 e. The Morgan fingerprint density at radius 1 is 1.37 bits per heavy atom. The number of rotatable bonds is 5. The van der Waals surface area contributed by atoms with Gasteiger partial charge in [0, 0.05) is 29.9 Å². The van der Waals surface area contributed by atoms with Gasteiger partial charge in [-0.15, -0.1) is 3.89 Å². The van der Waals surface area contributed by atoms with Gasteiger partial charge in [-0.25, -0.2) is 4.79 Å². The van der Waals surface area contributed by atoms with Crippen LogP contribution in [0.25, 0.3) is 0 Å². The number of benzene rings is 1. The highest BCUT2D eigenvalue weighted by atomic mass is 35.7. The number of nitrogens with one attached hydrogen (secondary N) is 1. The third kappa shape index (κ3) is 3.70. The van der Waals surface area contributed by atoms with Crippen LogP contribution in [-0.4, -0.2) is 19.6 Å². The first kappa shape index (κ1) is 16.9. The lowest BCUT2D eigenvalue weighted by Gasteiger charge is -2.29. The number of halogens is 3. The maximum Gasteiger partial charge on any atom is 0.434 e. The molecule has 0 spiro atoms. The SMILES string of the molecule is CCCC[N+](SCl)(C(=O)NC)c1ccc(Cl)c(Cl)c1. The average Bonchev–Trinajstić information content (AvgIpc) is 2.43. The van der Waals surface area contributed by atoms with Gasteiger partial charge < -0.3 is 5.32 Å². The molecule has 0 aliphatic heterocycles. The molecule has 0 saturated carbocycles. The molecular weight excluding hydrogens is 327 g/mol. The Morgan fingerprint density at radius 3 is 2.53 bits per heavy atom. The number of nitrogens with zero attached hydrogens (tertiary/aromatic N) is 1. The van der Waals surface area contributed by atoms with Crippen LogP contribution < -0.4 is 9.21 Å². The minimum atomic E-state index is -0.188. The van der Waals surface area contributed by atoms with E-state index in [4.69, 9.17) is 33.9 Å². The number of carbonyl (C=O) groups is 1. The zero-order chi connectivity index (χ0) is 14.5. The Bertz CT molecular complexity index is 459. The third-order valence-corrected chi connectivity index (χ3v) is 5.05. The number of hydrogen-bond acceptors (Lipinski definition) is 2. The normalized spacial score (nSPS) is 13.9. The fourth-order valence-corrected chi connectivity index (χ4v) is 3.20. The number of unbranched alkanes of at least 4 members (excludes halogenated alkanes) is 1. The van der Waals surface area contributed by atoms with Gasteiger partial charge in [-0.2, -0.15) is 0 Å². The molecule has 0 fully saturated rings. The second-order valence-electron chi connectivity index (χ2n) is 4.04. The topological polar surface area (TPSA) is 29.1 Å². The van der Waals surface area contributed by atoms with Crippen molar-refractivity contribution in [3.63, 3.8) is 0 Å². The molecule has 0 aliphatic rings. The van der Waals surface area contributed by atoms with E-state index in [1.54, 1.807) is 25.2 Å². The molecule has 19 heavy (non-hydrogen) atoms. The zero-order valence-corrected chi connectivity index (χ0v) is 13.8. The molecule has 1 aromatic rings. The molecule has 1 unspecified atom stereocenters. The van der Waals surface area contributed by atoms with Crippen LogP contribution in [0.2, 0.25) is 10.0 Å². The van der Waals surface area contributed by atoms with E-state index in [9.17, 15) is 4.79 Å². The summed E-state index contributed by atoms with van der Waals surface area (Å²) < 4.78 is -0.0667. The molecule has 0 aliphatic carbocycles. The van der Waals surface area contributed by atoms with E-state index in [-0.39, 0.29) is 9.92 Å². The van der Waals surface area contributed by atoms with Crippen LogP contribution in [0.1, 0.15) is 19.8 Å². The van der Waals surface area contributed by atoms with E-state index < -0.39 is 0 Å². The van der Waals surface area contributed by atoms with Crippen molar-refractivity contribution in [2.24, 2.45) is 0 Å². The van der Waals surface area contributed by atoms with Gasteiger partial charge in [0.05, 0.1) is 10.0 Å². The first-order chi connectivity index (χ1) is 9.01. The quantitative estimate of drug-likeness (QED) is 0.585. The molecule has 1 atom stereocenters. The van der Waals surface area contributed by atoms with Crippen LogP contribution in [0, 0.1) is 0 Å². The van der Waals surface area contributed by atoms with Gasteiger partial charge in [-0.05, 0) is 12.5 Å². The van der Waals surface area contributed by atoms with E-state index in [1.165, 1.54) is 0 Å². The molecular formula is C12H16Cl3N2OS+. The van der Waals surface area contributed by atoms with Gasteiger partial charge in [-0.1, -0.05) is 36.5 Å². The monoisotopic (exact) mass is 341 g/mol. The maximum atomic E-state index is 12.2. The molecule has 0 saturated heterocycles. The van der Waals surface area contributed by atoms with E-state index in [0.29, 0.717) is 22.3 Å². The van der Waals surface area contributed by atoms with Crippen molar-refractivity contribution in [2.45, 2.75) is 19.8 Å². The Kier molecular flexibility index (Phi) is 6.77. The first-order valence-corrected chi connectivity index (χ1v) is 8.23. The second kappa shape index (κ2) is 7.60. The molecule has 0 radical (unpaired) electrons. The summed E-state index contributed by atoms with van der Waals surface area (Å²) in [7, 11) is 7.60. The summed E-state index contributed by atoms with van der Waals surface area (Å²) in [6.45, 7) is 2.65.